The lowest BCUT2D eigenvalue weighted by Crippen LogP contribution is -2.46. The van der Waals surface area contributed by atoms with Gasteiger partial charge in [0.05, 0.1) is 23.1 Å². The highest BCUT2D eigenvalue weighted by Crippen LogP contribution is 2.22. The Labute approximate surface area is 187 Å². The van der Waals surface area contributed by atoms with Crippen LogP contribution in [0, 0.1) is 6.92 Å². The van der Waals surface area contributed by atoms with E-state index in [9.17, 15) is 14.4 Å². The van der Waals surface area contributed by atoms with Crippen molar-refractivity contribution in [2.45, 2.75) is 33.2 Å². The molecule has 3 rings (SSSR count). The van der Waals surface area contributed by atoms with Crippen LogP contribution in [0.5, 0.6) is 0 Å². The second kappa shape index (κ2) is 9.21. The van der Waals surface area contributed by atoms with Crippen molar-refractivity contribution in [2.24, 2.45) is 0 Å². The third-order valence-electron chi connectivity index (χ3n) is 4.72. The number of para-hydroxylation sites is 1. The van der Waals surface area contributed by atoms with Crippen molar-refractivity contribution < 1.29 is 19.1 Å². The van der Waals surface area contributed by atoms with Gasteiger partial charge in [-0.05, 0) is 58.0 Å². The number of ether oxygens (including phenoxy) is 1. The molecule has 0 fully saturated rings. The van der Waals surface area contributed by atoms with Gasteiger partial charge in [0.2, 0.25) is 5.91 Å². The van der Waals surface area contributed by atoms with Crippen LogP contribution in [0.1, 0.15) is 37.0 Å². The average Bonchev–Trinajstić information content (AvgIpc) is 3.05. The molecule has 32 heavy (non-hydrogen) atoms. The number of benzene rings is 2. The molecule has 2 amide bonds. The maximum atomic E-state index is 12.5. The summed E-state index contributed by atoms with van der Waals surface area (Å²) in [6, 6.07) is 14.9. The first kappa shape index (κ1) is 23.0. The van der Waals surface area contributed by atoms with Crippen LogP contribution in [-0.2, 0) is 14.3 Å². The number of likely N-dealkylation sites (N-methyl/N-ethyl adjacent to an activating group) is 1. The quantitative estimate of drug-likeness (QED) is 0.600. The van der Waals surface area contributed by atoms with Gasteiger partial charge < -0.3 is 15.0 Å². The first-order chi connectivity index (χ1) is 15.0. The normalized spacial score (nSPS) is 11.3. The van der Waals surface area contributed by atoms with Crippen molar-refractivity contribution in [2.75, 3.05) is 20.2 Å². The molecule has 8 heteroatoms. The maximum absolute atomic E-state index is 12.5. The third-order valence-corrected chi connectivity index (χ3v) is 4.72. The number of nitrogens with zero attached hydrogens (tertiary/aromatic N) is 3. The molecule has 0 radical (unpaired) electrons. The molecule has 1 N–H and O–H groups in total. The zero-order valence-corrected chi connectivity index (χ0v) is 19.0. The van der Waals surface area contributed by atoms with Crippen LogP contribution >= 0.6 is 0 Å². The number of hydrogen-bond acceptors (Lipinski definition) is 5. The molecular weight excluding hydrogens is 408 g/mol. The summed E-state index contributed by atoms with van der Waals surface area (Å²) in [5, 5.41) is 2.78. The predicted octanol–water partition coefficient (Wildman–Crippen LogP) is 2.86. The molecule has 2 aromatic carbocycles. The van der Waals surface area contributed by atoms with Crippen molar-refractivity contribution in [3.05, 3.63) is 59.9 Å². The van der Waals surface area contributed by atoms with Gasteiger partial charge in [-0.25, -0.2) is 9.78 Å². The SMILES string of the molecule is Cc1nc2cc(C(=O)OCC(=O)N(C)CC(=O)NC(C)(C)C)ccc2n1-c1ccccc1. The van der Waals surface area contributed by atoms with Crippen molar-refractivity contribution in [1.29, 1.82) is 0 Å². The van der Waals surface area contributed by atoms with Crippen LogP contribution in [0.4, 0.5) is 0 Å². The summed E-state index contributed by atoms with van der Waals surface area (Å²) in [5.74, 6) is -0.580. The molecule has 0 unspecified atom stereocenters. The van der Waals surface area contributed by atoms with Crippen LogP contribution in [0.15, 0.2) is 48.5 Å². The minimum absolute atomic E-state index is 0.115. The Morgan fingerprint density at radius 1 is 1.09 bits per heavy atom. The van der Waals surface area contributed by atoms with E-state index in [0.29, 0.717) is 11.1 Å². The van der Waals surface area contributed by atoms with Gasteiger partial charge in [-0.1, -0.05) is 18.2 Å². The second-order valence-corrected chi connectivity index (χ2v) is 8.66. The Hall–Kier alpha value is -3.68. The predicted molar refractivity (Wildman–Crippen MR) is 122 cm³/mol. The largest absolute Gasteiger partial charge is 0.452 e. The number of aryl methyl sites for hydroxylation is 1. The highest BCUT2D eigenvalue weighted by Gasteiger charge is 2.20. The molecule has 8 nitrogen and oxygen atoms in total. The summed E-state index contributed by atoms with van der Waals surface area (Å²) >= 11 is 0. The molecule has 0 saturated heterocycles. The summed E-state index contributed by atoms with van der Waals surface area (Å²) in [7, 11) is 1.49. The van der Waals surface area contributed by atoms with E-state index >= 15 is 0 Å². The molecule has 0 aliphatic carbocycles. The van der Waals surface area contributed by atoms with Crippen molar-refractivity contribution >= 4 is 28.8 Å². The highest BCUT2D eigenvalue weighted by atomic mass is 16.5. The monoisotopic (exact) mass is 436 g/mol. The molecule has 0 bridgehead atoms. The standard InChI is InChI=1S/C24H28N4O4/c1-16-25-19-13-17(11-12-20(19)28(16)18-9-7-6-8-10-18)23(31)32-15-22(30)27(5)14-21(29)26-24(2,3)4/h6-13H,14-15H2,1-5H3,(H,26,29). The fraction of sp³-hybridized carbons (Fsp3) is 0.333. The lowest BCUT2D eigenvalue weighted by Gasteiger charge is -2.23. The topological polar surface area (TPSA) is 93.5 Å². The lowest BCUT2D eigenvalue weighted by atomic mass is 10.1. The number of nitrogens with one attached hydrogen (secondary N) is 1. The second-order valence-electron chi connectivity index (χ2n) is 8.66. The Balaban J connectivity index is 1.65. The smallest absolute Gasteiger partial charge is 0.338 e. The Kier molecular flexibility index (Phi) is 6.62. The fourth-order valence-electron chi connectivity index (χ4n) is 3.31. The molecule has 0 aliphatic heterocycles. The first-order valence-electron chi connectivity index (χ1n) is 10.3. The molecule has 1 heterocycles. The number of carbonyl (C=O) groups excluding carboxylic acids is 3. The van der Waals surface area contributed by atoms with Gasteiger partial charge in [0.15, 0.2) is 6.61 Å². The highest BCUT2D eigenvalue weighted by molar-refractivity contribution is 5.95. The summed E-state index contributed by atoms with van der Waals surface area (Å²) in [6.07, 6.45) is 0. The fourth-order valence-corrected chi connectivity index (χ4v) is 3.31. The third kappa shape index (κ3) is 5.51. The van der Waals surface area contributed by atoms with Crippen LogP contribution in [0.25, 0.3) is 16.7 Å². The number of rotatable bonds is 6. The summed E-state index contributed by atoms with van der Waals surface area (Å²) < 4.78 is 7.17. The number of imidazole rings is 1. The van der Waals surface area contributed by atoms with Crippen LogP contribution < -0.4 is 5.32 Å². The zero-order chi connectivity index (χ0) is 23.5. The van der Waals surface area contributed by atoms with E-state index in [-0.39, 0.29) is 12.5 Å². The van der Waals surface area contributed by atoms with E-state index in [1.807, 2.05) is 68.7 Å². The Morgan fingerprint density at radius 3 is 2.44 bits per heavy atom. The van der Waals surface area contributed by atoms with Crippen molar-refractivity contribution in [3.63, 3.8) is 0 Å². The van der Waals surface area contributed by atoms with E-state index in [2.05, 4.69) is 10.3 Å². The van der Waals surface area contributed by atoms with E-state index in [0.717, 1.165) is 17.0 Å². The van der Waals surface area contributed by atoms with Gasteiger partial charge in [-0.15, -0.1) is 0 Å². The number of hydrogen-bond donors (Lipinski definition) is 1. The number of aromatic nitrogens is 2. The summed E-state index contributed by atoms with van der Waals surface area (Å²) in [6.45, 7) is 6.90. The summed E-state index contributed by atoms with van der Waals surface area (Å²) in [4.78, 5) is 42.5. The molecule has 0 saturated carbocycles. The van der Waals surface area contributed by atoms with Crippen molar-refractivity contribution in [1.82, 2.24) is 19.8 Å². The lowest BCUT2D eigenvalue weighted by molar-refractivity contribution is -0.137. The van der Waals surface area contributed by atoms with Crippen LogP contribution in [-0.4, -0.2) is 58.0 Å². The molecule has 0 aliphatic rings. The maximum Gasteiger partial charge on any atom is 0.338 e. The number of amides is 2. The molecule has 1 aromatic heterocycles. The molecule has 3 aromatic rings. The minimum atomic E-state index is -0.625. The van der Waals surface area contributed by atoms with Gasteiger partial charge in [-0.3, -0.25) is 14.2 Å². The number of fused-ring (bicyclic) bond motifs is 1. The Morgan fingerprint density at radius 2 is 1.78 bits per heavy atom. The van der Waals surface area contributed by atoms with Crippen LogP contribution in [0.3, 0.4) is 0 Å². The molecule has 168 valence electrons. The van der Waals surface area contributed by atoms with E-state index in [1.54, 1.807) is 12.1 Å². The van der Waals surface area contributed by atoms with Crippen LogP contribution in [0.2, 0.25) is 0 Å². The van der Waals surface area contributed by atoms with Gasteiger partial charge in [0.25, 0.3) is 5.91 Å². The summed E-state index contributed by atoms with van der Waals surface area (Å²) in [5.41, 5.74) is 2.41. The number of carbonyl (C=O) groups is 3. The molecule has 0 atom stereocenters. The van der Waals surface area contributed by atoms with Gasteiger partial charge in [0.1, 0.15) is 5.82 Å². The zero-order valence-electron chi connectivity index (χ0n) is 19.0. The van der Waals surface area contributed by atoms with E-state index in [1.165, 1.54) is 11.9 Å². The van der Waals surface area contributed by atoms with Crippen molar-refractivity contribution in [3.8, 4) is 5.69 Å². The first-order valence-corrected chi connectivity index (χ1v) is 10.3. The average molecular weight is 437 g/mol. The molecular formula is C24H28N4O4. The van der Waals surface area contributed by atoms with Gasteiger partial charge >= 0.3 is 5.97 Å². The van der Waals surface area contributed by atoms with Gasteiger partial charge in [-0.2, -0.15) is 0 Å². The van der Waals surface area contributed by atoms with E-state index < -0.39 is 24.0 Å². The minimum Gasteiger partial charge on any atom is -0.452 e. The number of esters is 1. The molecule has 0 spiro atoms. The Bertz CT molecular complexity index is 1150. The van der Waals surface area contributed by atoms with Gasteiger partial charge in [0, 0.05) is 18.3 Å². The van der Waals surface area contributed by atoms with E-state index in [4.69, 9.17) is 4.74 Å².